The summed E-state index contributed by atoms with van der Waals surface area (Å²) in [5, 5.41) is 0. The molecule has 0 radical (unpaired) electrons. The van der Waals surface area contributed by atoms with Crippen molar-refractivity contribution in [3.05, 3.63) is 58.1 Å². The van der Waals surface area contributed by atoms with E-state index in [0.29, 0.717) is 0 Å². The number of hydrogen-bond donors (Lipinski definition) is 0. The molecule has 0 saturated carbocycles. The fraction of sp³-hybridized carbons (Fsp3) is 0.250. The van der Waals surface area contributed by atoms with Gasteiger partial charge in [-0.1, -0.05) is 40.2 Å². The van der Waals surface area contributed by atoms with E-state index >= 15 is 0 Å². The van der Waals surface area contributed by atoms with Crippen molar-refractivity contribution in [3.8, 4) is 11.5 Å². The maximum absolute atomic E-state index is 6.03. The number of methoxy groups -OCH3 is 1. The van der Waals surface area contributed by atoms with Crippen LogP contribution in [0.15, 0.2) is 46.9 Å². The zero-order valence-corrected chi connectivity index (χ0v) is 14.1. The molecule has 1 aliphatic rings. The van der Waals surface area contributed by atoms with E-state index in [4.69, 9.17) is 9.47 Å². The Hall–Kier alpha value is -1.00. The highest BCUT2D eigenvalue weighted by Gasteiger charge is 2.29. The Labute approximate surface area is 135 Å². The minimum Gasteiger partial charge on any atom is -0.496 e. The van der Waals surface area contributed by atoms with Crippen molar-refractivity contribution < 1.29 is 9.47 Å². The smallest absolute Gasteiger partial charge is 0.133 e. The van der Waals surface area contributed by atoms with Crippen molar-refractivity contribution in [2.45, 2.75) is 17.4 Å². The average molecular weight is 398 g/mol. The van der Waals surface area contributed by atoms with Crippen molar-refractivity contribution in [1.82, 2.24) is 0 Å². The number of benzene rings is 2. The number of para-hydroxylation sites is 1. The molecule has 20 heavy (non-hydrogen) atoms. The van der Waals surface area contributed by atoms with E-state index in [-0.39, 0.29) is 10.9 Å². The monoisotopic (exact) mass is 396 g/mol. The van der Waals surface area contributed by atoms with Gasteiger partial charge in [0.1, 0.15) is 17.6 Å². The highest BCUT2D eigenvalue weighted by Crippen LogP contribution is 2.39. The zero-order valence-electron chi connectivity index (χ0n) is 11.0. The molecule has 3 rings (SSSR count). The Morgan fingerprint density at radius 1 is 1.25 bits per heavy atom. The molecule has 2 unspecified atom stereocenters. The Morgan fingerprint density at radius 2 is 2.05 bits per heavy atom. The number of ether oxygens (including phenoxy) is 2. The van der Waals surface area contributed by atoms with Crippen LogP contribution < -0.4 is 9.47 Å². The van der Waals surface area contributed by atoms with Crippen LogP contribution in [0, 0.1) is 0 Å². The van der Waals surface area contributed by atoms with Gasteiger partial charge in [0.25, 0.3) is 0 Å². The molecule has 0 spiro atoms. The quantitative estimate of drug-likeness (QED) is 0.686. The fourth-order valence-corrected chi connectivity index (χ4v) is 3.58. The largest absolute Gasteiger partial charge is 0.496 e. The minimum atomic E-state index is 0.118. The number of rotatable bonds is 3. The zero-order chi connectivity index (χ0) is 14.1. The highest BCUT2D eigenvalue weighted by molar-refractivity contribution is 9.10. The first-order chi connectivity index (χ1) is 9.69. The van der Waals surface area contributed by atoms with Gasteiger partial charge in [0.15, 0.2) is 0 Å². The van der Waals surface area contributed by atoms with Gasteiger partial charge in [-0.05, 0) is 45.3 Å². The van der Waals surface area contributed by atoms with E-state index in [0.717, 1.165) is 22.4 Å². The predicted octanol–water partition coefficient (Wildman–Crippen LogP) is 4.90. The molecule has 2 aromatic carbocycles. The molecule has 0 aliphatic carbocycles. The lowest BCUT2D eigenvalue weighted by Gasteiger charge is -2.18. The van der Waals surface area contributed by atoms with Crippen molar-refractivity contribution >= 4 is 31.9 Å². The second-order valence-electron chi connectivity index (χ2n) is 4.76. The number of hydrogen-bond acceptors (Lipinski definition) is 2. The first-order valence-electron chi connectivity index (χ1n) is 6.41. The van der Waals surface area contributed by atoms with Crippen LogP contribution in [0.4, 0.5) is 0 Å². The van der Waals surface area contributed by atoms with Crippen molar-refractivity contribution in [3.63, 3.8) is 0 Å². The minimum absolute atomic E-state index is 0.118. The van der Waals surface area contributed by atoms with Crippen LogP contribution in [-0.2, 0) is 6.42 Å². The Balaban J connectivity index is 1.81. The van der Waals surface area contributed by atoms with Crippen LogP contribution in [0.2, 0.25) is 0 Å². The molecule has 0 fully saturated rings. The van der Waals surface area contributed by atoms with Crippen LogP contribution in [0.25, 0.3) is 0 Å². The second kappa shape index (κ2) is 5.78. The van der Waals surface area contributed by atoms with Gasteiger partial charge in [0.05, 0.1) is 16.4 Å². The van der Waals surface area contributed by atoms with Gasteiger partial charge in [-0.25, -0.2) is 0 Å². The SMILES string of the molecule is COc1ccc(C(Br)C2Cc3ccccc3O2)cc1Br. The van der Waals surface area contributed by atoms with Crippen LogP contribution >= 0.6 is 31.9 Å². The maximum Gasteiger partial charge on any atom is 0.133 e. The maximum atomic E-state index is 6.03. The molecular weight excluding hydrogens is 384 g/mol. The molecule has 4 heteroatoms. The van der Waals surface area contributed by atoms with Gasteiger partial charge in [0, 0.05) is 6.42 Å². The van der Waals surface area contributed by atoms with Crippen LogP contribution in [0.5, 0.6) is 11.5 Å². The first-order valence-corrected chi connectivity index (χ1v) is 8.12. The van der Waals surface area contributed by atoms with E-state index in [1.54, 1.807) is 7.11 Å². The highest BCUT2D eigenvalue weighted by atomic mass is 79.9. The van der Waals surface area contributed by atoms with E-state index in [1.165, 1.54) is 11.1 Å². The summed E-state index contributed by atoms with van der Waals surface area (Å²) in [6.45, 7) is 0. The standard InChI is InChI=1S/C16H14Br2O2/c1-19-14-7-6-11(8-12(14)17)16(18)15-9-10-4-2-3-5-13(10)20-15/h2-8,15-16H,9H2,1H3. The third kappa shape index (κ3) is 2.59. The fourth-order valence-electron chi connectivity index (χ4n) is 2.44. The summed E-state index contributed by atoms with van der Waals surface area (Å²) in [4.78, 5) is 0.150. The molecule has 0 bridgehead atoms. The lowest BCUT2D eigenvalue weighted by atomic mass is 10.0. The summed E-state index contributed by atoms with van der Waals surface area (Å²) in [5.41, 5.74) is 2.45. The van der Waals surface area contributed by atoms with Gasteiger partial charge in [-0.2, -0.15) is 0 Å². The summed E-state index contributed by atoms with van der Waals surface area (Å²) in [7, 11) is 1.67. The summed E-state index contributed by atoms with van der Waals surface area (Å²) < 4.78 is 12.2. The molecule has 104 valence electrons. The summed E-state index contributed by atoms with van der Waals surface area (Å²) in [5.74, 6) is 1.83. The molecule has 0 aromatic heterocycles. The second-order valence-corrected chi connectivity index (χ2v) is 6.60. The average Bonchev–Trinajstić information content (AvgIpc) is 2.90. The molecular formula is C16H14Br2O2. The number of halogens is 2. The summed E-state index contributed by atoms with van der Waals surface area (Å²) in [6.07, 6.45) is 1.04. The third-order valence-electron chi connectivity index (χ3n) is 3.49. The Kier molecular flexibility index (Phi) is 4.03. The van der Waals surface area contributed by atoms with Crippen molar-refractivity contribution in [1.29, 1.82) is 0 Å². The lowest BCUT2D eigenvalue weighted by molar-refractivity contribution is 0.232. The lowest BCUT2D eigenvalue weighted by Crippen LogP contribution is -2.19. The van der Waals surface area contributed by atoms with E-state index in [1.807, 2.05) is 18.2 Å². The molecule has 0 amide bonds. The van der Waals surface area contributed by atoms with E-state index < -0.39 is 0 Å². The molecule has 1 heterocycles. The molecule has 2 atom stereocenters. The summed E-state index contributed by atoms with van der Waals surface area (Å²) in [6, 6.07) is 14.3. The van der Waals surface area contributed by atoms with E-state index in [2.05, 4.69) is 56.1 Å². The molecule has 0 N–H and O–H groups in total. The van der Waals surface area contributed by atoms with E-state index in [9.17, 15) is 0 Å². The van der Waals surface area contributed by atoms with Gasteiger partial charge < -0.3 is 9.47 Å². The third-order valence-corrected chi connectivity index (χ3v) is 5.23. The normalized spacial score (nSPS) is 18.2. The van der Waals surface area contributed by atoms with Gasteiger partial charge in [-0.15, -0.1) is 0 Å². The van der Waals surface area contributed by atoms with Gasteiger partial charge >= 0.3 is 0 Å². The van der Waals surface area contributed by atoms with Crippen molar-refractivity contribution in [2.75, 3.05) is 7.11 Å². The first kappa shape index (κ1) is 14.0. The molecule has 2 aromatic rings. The summed E-state index contributed by atoms with van der Waals surface area (Å²) >= 11 is 7.29. The van der Waals surface area contributed by atoms with Gasteiger partial charge in [-0.3, -0.25) is 0 Å². The Bertz CT molecular complexity index is 603. The predicted molar refractivity (Wildman–Crippen MR) is 86.9 cm³/mol. The number of alkyl halides is 1. The van der Waals surface area contributed by atoms with Crippen LogP contribution in [0.3, 0.4) is 0 Å². The van der Waals surface area contributed by atoms with Crippen LogP contribution in [-0.4, -0.2) is 13.2 Å². The topological polar surface area (TPSA) is 18.5 Å². The van der Waals surface area contributed by atoms with Crippen LogP contribution in [0.1, 0.15) is 16.0 Å². The van der Waals surface area contributed by atoms with Crippen molar-refractivity contribution in [2.24, 2.45) is 0 Å². The molecule has 0 saturated heterocycles. The molecule has 1 aliphatic heterocycles. The Morgan fingerprint density at radius 3 is 2.75 bits per heavy atom. The molecule has 2 nitrogen and oxygen atoms in total. The van der Waals surface area contributed by atoms with Gasteiger partial charge in [0.2, 0.25) is 0 Å². The number of fused-ring (bicyclic) bond motifs is 1.